The molecule has 4 aromatic heterocycles. The molecule has 4 nitrogen and oxygen atoms in total. The average molecular weight is 739 g/mol. The van der Waals surface area contributed by atoms with Crippen LogP contribution in [0.2, 0.25) is 0 Å². The highest BCUT2D eigenvalue weighted by Gasteiger charge is 2.23. The van der Waals surface area contributed by atoms with Crippen molar-refractivity contribution in [2.45, 2.75) is 0 Å². The Hall–Kier alpha value is -7.82. The van der Waals surface area contributed by atoms with Crippen LogP contribution in [0.3, 0.4) is 0 Å². The van der Waals surface area contributed by atoms with Crippen molar-refractivity contribution in [3.05, 3.63) is 206 Å². The zero-order valence-corrected chi connectivity index (χ0v) is 31.4. The van der Waals surface area contributed by atoms with Crippen LogP contribution in [-0.4, -0.2) is 18.3 Å². The molecule has 0 aliphatic heterocycles. The molecular formula is C54H34N4. The molecule has 58 heavy (non-hydrogen) atoms. The zero-order chi connectivity index (χ0) is 37.9. The number of benzene rings is 9. The summed E-state index contributed by atoms with van der Waals surface area (Å²) in [6.45, 7) is 0. The molecule has 13 rings (SSSR count). The van der Waals surface area contributed by atoms with Crippen LogP contribution in [0.4, 0.5) is 0 Å². The van der Waals surface area contributed by atoms with Gasteiger partial charge in [0.2, 0.25) is 0 Å². The van der Waals surface area contributed by atoms with Crippen molar-refractivity contribution >= 4 is 87.2 Å². The Bertz CT molecular complexity index is 3740. The third kappa shape index (κ3) is 4.18. The maximum absolute atomic E-state index is 2.50. The Labute approximate surface area is 333 Å². The Morgan fingerprint density at radius 3 is 1.33 bits per heavy atom. The van der Waals surface area contributed by atoms with E-state index in [2.05, 4.69) is 225 Å². The van der Waals surface area contributed by atoms with Crippen LogP contribution < -0.4 is 0 Å². The number of fused-ring (bicyclic) bond motifs is 12. The van der Waals surface area contributed by atoms with E-state index < -0.39 is 0 Å². The van der Waals surface area contributed by atoms with Crippen LogP contribution in [0.15, 0.2) is 206 Å². The van der Waals surface area contributed by atoms with Crippen LogP contribution in [0.1, 0.15) is 0 Å². The maximum atomic E-state index is 2.50. The summed E-state index contributed by atoms with van der Waals surface area (Å²) in [5.74, 6) is 0. The van der Waals surface area contributed by atoms with E-state index in [4.69, 9.17) is 0 Å². The molecule has 13 aromatic rings. The fourth-order valence-electron chi connectivity index (χ4n) is 10.0. The highest BCUT2D eigenvalue weighted by atomic mass is 15.1. The monoisotopic (exact) mass is 738 g/mol. The smallest absolute Gasteiger partial charge is 0.0782 e. The van der Waals surface area contributed by atoms with Gasteiger partial charge in [-0.2, -0.15) is 0 Å². The number of aromatic nitrogens is 4. The topological polar surface area (TPSA) is 19.7 Å². The summed E-state index contributed by atoms with van der Waals surface area (Å²) in [5.41, 5.74) is 14.1. The highest BCUT2D eigenvalue weighted by Crippen LogP contribution is 2.43. The van der Waals surface area contributed by atoms with Crippen molar-refractivity contribution in [3.63, 3.8) is 0 Å². The molecule has 0 saturated heterocycles. The van der Waals surface area contributed by atoms with E-state index in [1.165, 1.54) is 92.9 Å². The van der Waals surface area contributed by atoms with Gasteiger partial charge in [0.05, 0.1) is 55.5 Å². The van der Waals surface area contributed by atoms with Crippen molar-refractivity contribution in [2.24, 2.45) is 0 Å². The molecule has 0 bridgehead atoms. The average Bonchev–Trinajstić information content (AvgIpc) is 4.02. The molecule has 0 fully saturated rings. The largest absolute Gasteiger partial charge is 0.309 e. The first-order valence-electron chi connectivity index (χ1n) is 20.0. The van der Waals surface area contributed by atoms with Gasteiger partial charge in [0.25, 0.3) is 0 Å². The van der Waals surface area contributed by atoms with Crippen molar-refractivity contribution in [3.8, 4) is 22.7 Å². The molecule has 0 atom stereocenters. The lowest BCUT2D eigenvalue weighted by atomic mass is 10.1. The van der Waals surface area contributed by atoms with E-state index in [1.54, 1.807) is 0 Å². The van der Waals surface area contributed by atoms with E-state index in [9.17, 15) is 0 Å². The molecule has 4 heterocycles. The second kappa shape index (κ2) is 11.8. The molecule has 0 aliphatic rings. The summed E-state index contributed by atoms with van der Waals surface area (Å²) in [6, 6.07) is 75.4. The number of nitrogens with zero attached hydrogens (tertiary/aromatic N) is 4. The van der Waals surface area contributed by atoms with E-state index >= 15 is 0 Å². The zero-order valence-electron chi connectivity index (χ0n) is 31.4. The van der Waals surface area contributed by atoms with Crippen molar-refractivity contribution < 1.29 is 0 Å². The molecule has 0 unspecified atom stereocenters. The molecule has 0 amide bonds. The third-order valence-corrected chi connectivity index (χ3v) is 12.3. The first-order valence-corrected chi connectivity index (χ1v) is 20.0. The molecule has 0 saturated carbocycles. The quantitative estimate of drug-likeness (QED) is 0.171. The van der Waals surface area contributed by atoms with E-state index in [1.807, 2.05) is 0 Å². The molecule has 0 N–H and O–H groups in total. The van der Waals surface area contributed by atoms with Gasteiger partial charge in [0, 0.05) is 54.5 Å². The Kier molecular flexibility index (Phi) is 6.41. The summed E-state index contributed by atoms with van der Waals surface area (Å²) >= 11 is 0. The normalized spacial score (nSPS) is 12.1. The van der Waals surface area contributed by atoms with Crippen molar-refractivity contribution in [2.75, 3.05) is 0 Å². The van der Waals surface area contributed by atoms with Gasteiger partial charge < -0.3 is 18.3 Å². The minimum atomic E-state index is 1.13. The SMILES string of the molecule is c1ccc(-n2c3ccccc3c3cc(-n4c5ccccc5c5cccc(-n6c7ccccc7c7c(-n8c9ccccc9c9ccccc98)cccc76)c54)ccc32)cc1. The first kappa shape index (κ1) is 31.4. The van der Waals surface area contributed by atoms with E-state index in [-0.39, 0.29) is 0 Å². The van der Waals surface area contributed by atoms with Gasteiger partial charge in [-0.25, -0.2) is 0 Å². The lowest BCUT2D eigenvalue weighted by Gasteiger charge is -2.15. The second-order valence-corrected chi connectivity index (χ2v) is 15.3. The van der Waals surface area contributed by atoms with Gasteiger partial charge in [-0.05, 0) is 78.9 Å². The molecule has 0 spiro atoms. The number of hydrogen-bond acceptors (Lipinski definition) is 0. The predicted molar refractivity (Wildman–Crippen MR) is 244 cm³/mol. The van der Waals surface area contributed by atoms with Gasteiger partial charge in [-0.3, -0.25) is 0 Å². The fourth-order valence-corrected chi connectivity index (χ4v) is 10.0. The lowest BCUT2D eigenvalue weighted by molar-refractivity contribution is 1.13. The molecule has 9 aromatic carbocycles. The van der Waals surface area contributed by atoms with Crippen LogP contribution in [-0.2, 0) is 0 Å². The summed E-state index contributed by atoms with van der Waals surface area (Å²) in [4.78, 5) is 0. The van der Waals surface area contributed by atoms with Gasteiger partial charge in [0.15, 0.2) is 0 Å². The highest BCUT2D eigenvalue weighted by molar-refractivity contribution is 6.19. The predicted octanol–water partition coefficient (Wildman–Crippen LogP) is 14.1. The lowest BCUT2D eigenvalue weighted by Crippen LogP contribution is -2.01. The number of para-hydroxylation sites is 7. The van der Waals surface area contributed by atoms with Crippen LogP contribution in [0, 0.1) is 0 Å². The molecular weight excluding hydrogens is 705 g/mol. The maximum Gasteiger partial charge on any atom is 0.0782 e. The molecule has 270 valence electrons. The van der Waals surface area contributed by atoms with Gasteiger partial charge >= 0.3 is 0 Å². The van der Waals surface area contributed by atoms with Gasteiger partial charge in [-0.1, -0.05) is 127 Å². The standard InChI is InChI=1S/C54H34N4/c1-2-16-35(17-3-1)55-44-24-9-7-21-40(44)43-34-36(32-33-49(43)55)56-45-25-10-6-20-39(45)41-23-14-31-52(54(41)56)58-48-28-13-8-22-42(48)53-50(29-15-30-51(53)58)57-46-26-11-4-18-37(46)38-19-5-12-27-47(38)57/h1-34H. The minimum Gasteiger partial charge on any atom is -0.309 e. The summed E-state index contributed by atoms with van der Waals surface area (Å²) < 4.78 is 9.84. The van der Waals surface area contributed by atoms with E-state index in [0.717, 1.165) is 17.1 Å². The fraction of sp³-hybridized carbons (Fsp3) is 0. The summed E-state index contributed by atoms with van der Waals surface area (Å²) in [5, 5.41) is 9.91. The third-order valence-electron chi connectivity index (χ3n) is 12.3. The van der Waals surface area contributed by atoms with E-state index in [0.29, 0.717) is 0 Å². The number of hydrogen-bond donors (Lipinski definition) is 0. The Balaban J connectivity index is 1.13. The van der Waals surface area contributed by atoms with Gasteiger partial charge in [0.1, 0.15) is 0 Å². The van der Waals surface area contributed by atoms with Crippen LogP contribution in [0.25, 0.3) is 110 Å². The first-order chi connectivity index (χ1) is 28.8. The molecule has 0 radical (unpaired) electrons. The second-order valence-electron chi connectivity index (χ2n) is 15.3. The van der Waals surface area contributed by atoms with Crippen LogP contribution in [0.5, 0.6) is 0 Å². The van der Waals surface area contributed by atoms with Crippen molar-refractivity contribution in [1.29, 1.82) is 0 Å². The van der Waals surface area contributed by atoms with Crippen molar-refractivity contribution in [1.82, 2.24) is 18.3 Å². The van der Waals surface area contributed by atoms with Gasteiger partial charge in [-0.15, -0.1) is 0 Å². The Morgan fingerprint density at radius 2 is 0.655 bits per heavy atom. The number of rotatable bonds is 4. The Morgan fingerprint density at radius 1 is 0.224 bits per heavy atom. The molecule has 4 heteroatoms. The summed E-state index contributed by atoms with van der Waals surface area (Å²) in [7, 11) is 0. The minimum absolute atomic E-state index is 1.13. The summed E-state index contributed by atoms with van der Waals surface area (Å²) in [6.07, 6.45) is 0. The van der Waals surface area contributed by atoms with Crippen LogP contribution >= 0.6 is 0 Å². The molecule has 0 aliphatic carbocycles.